The first kappa shape index (κ1) is 14.6. The van der Waals surface area contributed by atoms with E-state index in [-0.39, 0.29) is 4.99 Å². The van der Waals surface area contributed by atoms with Gasteiger partial charge in [0.15, 0.2) is 9.84 Å². The molecule has 1 aromatic carbocycles. The maximum absolute atomic E-state index is 11.5. The molecule has 0 spiro atoms. The molecule has 0 bridgehead atoms. The molecule has 1 amide bonds. The molecule has 98 valence electrons. The zero-order valence-corrected chi connectivity index (χ0v) is 11.4. The lowest BCUT2D eigenvalue weighted by molar-refractivity contribution is -0.118. The van der Waals surface area contributed by atoms with Gasteiger partial charge in [-0.3, -0.25) is 4.79 Å². The fourth-order valence-electron chi connectivity index (χ4n) is 1.41. The standard InChI is InChI=1S/C11H14N2O3S2/c1-18(15,16)7-9(14)13-10(11(12)17)8-5-3-2-4-6-8/h2-6,10H,7H2,1H3,(H2,12,17)(H,13,14). The van der Waals surface area contributed by atoms with Crippen molar-refractivity contribution in [1.29, 1.82) is 0 Å². The molecular weight excluding hydrogens is 272 g/mol. The average Bonchev–Trinajstić information content (AvgIpc) is 2.24. The van der Waals surface area contributed by atoms with Gasteiger partial charge in [0.25, 0.3) is 0 Å². The highest BCUT2D eigenvalue weighted by molar-refractivity contribution is 7.91. The molecule has 1 rings (SSSR count). The highest BCUT2D eigenvalue weighted by Crippen LogP contribution is 2.12. The number of nitrogens with two attached hydrogens (primary N) is 1. The van der Waals surface area contributed by atoms with E-state index in [9.17, 15) is 13.2 Å². The minimum atomic E-state index is -3.37. The Morgan fingerprint density at radius 3 is 2.39 bits per heavy atom. The summed E-state index contributed by atoms with van der Waals surface area (Å²) in [6.07, 6.45) is 0.991. The Hall–Kier alpha value is -1.47. The number of hydrogen-bond acceptors (Lipinski definition) is 4. The van der Waals surface area contributed by atoms with E-state index in [1.54, 1.807) is 24.3 Å². The fraction of sp³-hybridized carbons (Fsp3) is 0.273. The van der Waals surface area contributed by atoms with Gasteiger partial charge in [0.1, 0.15) is 16.8 Å². The van der Waals surface area contributed by atoms with Crippen LogP contribution in [0.15, 0.2) is 30.3 Å². The molecule has 1 aromatic rings. The summed E-state index contributed by atoms with van der Waals surface area (Å²) in [5.41, 5.74) is 6.26. The molecule has 0 fully saturated rings. The zero-order chi connectivity index (χ0) is 13.8. The maximum Gasteiger partial charge on any atom is 0.236 e. The van der Waals surface area contributed by atoms with E-state index in [0.717, 1.165) is 6.26 Å². The van der Waals surface area contributed by atoms with E-state index in [1.807, 2.05) is 6.07 Å². The van der Waals surface area contributed by atoms with E-state index >= 15 is 0 Å². The third kappa shape index (κ3) is 4.80. The van der Waals surface area contributed by atoms with Crippen LogP contribution < -0.4 is 11.1 Å². The minimum absolute atomic E-state index is 0.0862. The van der Waals surface area contributed by atoms with Crippen LogP contribution in [-0.4, -0.2) is 31.3 Å². The molecule has 0 heterocycles. The lowest BCUT2D eigenvalue weighted by atomic mass is 10.1. The largest absolute Gasteiger partial charge is 0.391 e. The van der Waals surface area contributed by atoms with Gasteiger partial charge >= 0.3 is 0 Å². The van der Waals surface area contributed by atoms with Crippen molar-refractivity contribution in [2.24, 2.45) is 5.73 Å². The lowest BCUT2D eigenvalue weighted by Crippen LogP contribution is -2.39. The van der Waals surface area contributed by atoms with E-state index in [0.29, 0.717) is 5.56 Å². The average molecular weight is 286 g/mol. The smallest absolute Gasteiger partial charge is 0.236 e. The highest BCUT2D eigenvalue weighted by atomic mass is 32.2. The Morgan fingerprint density at radius 2 is 1.94 bits per heavy atom. The number of sulfone groups is 1. The summed E-state index contributed by atoms with van der Waals surface area (Å²) in [4.78, 5) is 11.6. The Kier molecular flexibility index (Phi) is 4.80. The molecule has 0 aliphatic heterocycles. The quantitative estimate of drug-likeness (QED) is 0.753. The van der Waals surface area contributed by atoms with Crippen LogP contribution in [0.1, 0.15) is 11.6 Å². The Balaban J connectivity index is 2.83. The summed E-state index contributed by atoms with van der Waals surface area (Å²) >= 11 is 4.87. The summed E-state index contributed by atoms with van der Waals surface area (Å²) in [5.74, 6) is -1.21. The van der Waals surface area contributed by atoms with Crippen LogP contribution in [0.4, 0.5) is 0 Å². The minimum Gasteiger partial charge on any atom is -0.391 e. The highest BCUT2D eigenvalue weighted by Gasteiger charge is 2.19. The first-order valence-corrected chi connectivity index (χ1v) is 7.58. The second kappa shape index (κ2) is 5.92. The van der Waals surface area contributed by atoms with Crippen LogP contribution in [0.25, 0.3) is 0 Å². The summed E-state index contributed by atoms with van der Waals surface area (Å²) < 4.78 is 22.0. The Morgan fingerprint density at radius 1 is 1.39 bits per heavy atom. The second-order valence-corrected chi connectivity index (χ2v) is 6.50. The molecule has 0 aliphatic rings. The SMILES string of the molecule is CS(=O)(=O)CC(=O)NC(C(N)=S)c1ccccc1. The molecule has 18 heavy (non-hydrogen) atoms. The van der Waals surface area contributed by atoms with Gasteiger partial charge in [0.05, 0.1) is 0 Å². The van der Waals surface area contributed by atoms with Gasteiger partial charge in [-0.15, -0.1) is 0 Å². The van der Waals surface area contributed by atoms with Gasteiger partial charge in [-0.2, -0.15) is 0 Å². The van der Waals surface area contributed by atoms with Crippen molar-refractivity contribution in [1.82, 2.24) is 5.32 Å². The van der Waals surface area contributed by atoms with Gasteiger partial charge in [0.2, 0.25) is 5.91 Å². The number of nitrogens with one attached hydrogen (secondary N) is 1. The Labute approximate surface area is 111 Å². The normalized spacial score (nSPS) is 12.7. The van der Waals surface area contributed by atoms with Crippen molar-refractivity contribution in [3.8, 4) is 0 Å². The van der Waals surface area contributed by atoms with E-state index in [4.69, 9.17) is 18.0 Å². The van der Waals surface area contributed by atoms with E-state index < -0.39 is 27.5 Å². The van der Waals surface area contributed by atoms with E-state index in [1.165, 1.54) is 0 Å². The number of amides is 1. The molecular formula is C11H14N2O3S2. The molecule has 0 aliphatic carbocycles. The van der Waals surface area contributed by atoms with Gasteiger partial charge in [-0.25, -0.2) is 8.42 Å². The summed E-state index contributed by atoms with van der Waals surface area (Å²) in [6.45, 7) is 0. The molecule has 5 nitrogen and oxygen atoms in total. The van der Waals surface area contributed by atoms with Gasteiger partial charge in [0, 0.05) is 6.26 Å². The number of hydrogen-bond donors (Lipinski definition) is 2. The van der Waals surface area contributed by atoms with Crippen molar-refractivity contribution < 1.29 is 13.2 Å². The number of carbonyl (C=O) groups excluding carboxylic acids is 1. The van der Waals surface area contributed by atoms with Crippen LogP contribution in [0.2, 0.25) is 0 Å². The third-order valence-corrected chi connectivity index (χ3v) is 3.14. The molecule has 0 radical (unpaired) electrons. The topological polar surface area (TPSA) is 89.3 Å². The second-order valence-electron chi connectivity index (χ2n) is 3.88. The molecule has 0 aromatic heterocycles. The van der Waals surface area contributed by atoms with Crippen LogP contribution in [0.3, 0.4) is 0 Å². The molecule has 1 atom stereocenters. The van der Waals surface area contributed by atoms with Crippen LogP contribution >= 0.6 is 12.2 Å². The molecule has 0 saturated carbocycles. The monoisotopic (exact) mass is 286 g/mol. The van der Waals surface area contributed by atoms with Crippen LogP contribution in [0, 0.1) is 0 Å². The van der Waals surface area contributed by atoms with Gasteiger partial charge in [-0.05, 0) is 5.56 Å². The third-order valence-electron chi connectivity index (χ3n) is 2.12. The fourth-order valence-corrected chi connectivity index (χ4v) is 2.16. The first-order chi connectivity index (χ1) is 8.29. The van der Waals surface area contributed by atoms with E-state index in [2.05, 4.69) is 5.32 Å². The number of thiocarbonyl (C=S) groups is 1. The number of carbonyl (C=O) groups is 1. The van der Waals surface area contributed by atoms with Crippen molar-refractivity contribution >= 4 is 33.0 Å². The lowest BCUT2D eigenvalue weighted by Gasteiger charge is -2.17. The van der Waals surface area contributed by atoms with Crippen molar-refractivity contribution in [2.75, 3.05) is 12.0 Å². The number of benzene rings is 1. The summed E-state index contributed by atoms with van der Waals surface area (Å²) in [6, 6.07) is 8.23. The zero-order valence-electron chi connectivity index (χ0n) is 9.79. The Bertz CT molecular complexity index is 541. The first-order valence-electron chi connectivity index (χ1n) is 5.11. The molecule has 1 unspecified atom stereocenters. The predicted molar refractivity (Wildman–Crippen MR) is 73.8 cm³/mol. The number of rotatable bonds is 5. The maximum atomic E-state index is 11.5. The summed E-state index contributed by atoms with van der Waals surface area (Å²) in [5, 5.41) is 2.50. The van der Waals surface area contributed by atoms with Crippen LogP contribution in [-0.2, 0) is 14.6 Å². The van der Waals surface area contributed by atoms with Crippen molar-refractivity contribution in [2.45, 2.75) is 6.04 Å². The molecule has 7 heteroatoms. The van der Waals surface area contributed by atoms with Crippen molar-refractivity contribution in [3.63, 3.8) is 0 Å². The predicted octanol–water partition coefficient (Wildman–Crippen LogP) is 0.175. The summed E-state index contributed by atoms with van der Waals surface area (Å²) in [7, 11) is -3.37. The van der Waals surface area contributed by atoms with Crippen LogP contribution in [0.5, 0.6) is 0 Å². The van der Waals surface area contributed by atoms with Gasteiger partial charge < -0.3 is 11.1 Å². The van der Waals surface area contributed by atoms with Gasteiger partial charge in [-0.1, -0.05) is 42.5 Å². The molecule has 0 saturated heterocycles. The van der Waals surface area contributed by atoms with Crippen molar-refractivity contribution in [3.05, 3.63) is 35.9 Å². The molecule has 3 N–H and O–H groups in total.